The van der Waals surface area contributed by atoms with Crippen LogP contribution in [0.5, 0.6) is 0 Å². The fraction of sp³-hybridized carbons (Fsp3) is 0.409. The van der Waals surface area contributed by atoms with Crippen molar-refractivity contribution in [2.45, 2.75) is 51.2 Å². The van der Waals surface area contributed by atoms with Gasteiger partial charge in [-0.05, 0) is 43.0 Å². The largest absolute Gasteiger partial charge is 0.391 e. The molecule has 3 aromatic heterocycles. The Balaban J connectivity index is 1.70. The minimum absolute atomic E-state index is 0.127. The molecule has 1 aromatic carbocycles. The van der Waals surface area contributed by atoms with Crippen LogP contribution in [0.3, 0.4) is 0 Å². The lowest BCUT2D eigenvalue weighted by atomic mass is 9.92. The molecule has 154 valence electrons. The Hall–Kier alpha value is -3.13. The van der Waals surface area contributed by atoms with Crippen molar-refractivity contribution in [3.05, 3.63) is 57.9 Å². The van der Waals surface area contributed by atoms with Crippen LogP contribution in [0.15, 0.2) is 35.5 Å². The highest BCUT2D eigenvalue weighted by Crippen LogP contribution is 2.29. The van der Waals surface area contributed by atoms with Gasteiger partial charge in [0, 0.05) is 25.4 Å². The van der Waals surface area contributed by atoms with Gasteiger partial charge in [0.15, 0.2) is 0 Å². The molecule has 8 heteroatoms. The van der Waals surface area contributed by atoms with Crippen LogP contribution in [0, 0.1) is 6.92 Å². The van der Waals surface area contributed by atoms with Gasteiger partial charge in [-0.25, -0.2) is 9.67 Å². The number of hydrogen-bond acceptors (Lipinski definition) is 6. The summed E-state index contributed by atoms with van der Waals surface area (Å²) in [7, 11) is 1.81. The van der Waals surface area contributed by atoms with Crippen LogP contribution in [0.25, 0.3) is 21.9 Å². The Labute approximate surface area is 173 Å². The molecule has 0 spiro atoms. The summed E-state index contributed by atoms with van der Waals surface area (Å²) in [4.78, 5) is 22.4. The molecule has 0 amide bonds. The maximum absolute atomic E-state index is 13.4. The summed E-state index contributed by atoms with van der Waals surface area (Å²) >= 11 is 0. The van der Waals surface area contributed by atoms with Gasteiger partial charge < -0.3 is 5.11 Å². The van der Waals surface area contributed by atoms with Crippen LogP contribution in [-0.4, -0.2) is 40.7 Å². The Morgan fingerprint density at radius 1 is 1.17 bits per heavy atom. The number of aryl methyl sites for hydroxylation is 2. The molecule has 1 aliphatic rings. The van der Waals surface area contributed by atoms with Gasteiger partial charge in [-0.15, -0.1) is 5.10 Å². The number of nitrogens with zero attached hydrogens (tertiary/aromatic N) is 6. The average Bonchev–Trinajstić information content (AvgIpc) is 3.13. The molecule has 8 nitrogen and oxygen atoms in total. The zero-order valence-corrected chi connectivity index (χ0v) is 17.1. The fourth-order valence-corrected chi connectivity index (χ4v) is 4.49. The highest BCUT2D eigenvalue weighted by molar-refractivity contribution is 6.02. The minimum atomic E-state index is -0.518. The zero-order chi connectivity index (χ0) is 20.8. The molecule has 1 N–H and O–H groups in total. The third kappa shape index (κ3) is 3.08. The molecule has 4 aromatic rings. The Morgan fingerprint density at radius 3 is 2.77 bits per heavy atom. The number of benzene rings is 1. The van der Waals surface area contributed by atoms with E-state index < -0.39 is 6.10 Å². The van der Waals surface area contributed by atoms with Crippen LogP contribution >= 0.6 is 0 Å². The minimum Gasteiger partial charge on any atom is -0.391 e. The molecule has 0 unspecified atom stereocenters. The number of aliphatic hydroxyl groups excluding tert-OH is 1. The molecule has 30 heavy (non-hydrogen) atoms. The van der Waals surface area contributed by atoms with Crippen LogP contribution in [0.2, 0.25) is 0 Å². The Kier molecular flexibility index (Phi) is 4.58. The van der Waals surface area contributed by atoms with Crippen molar-refractivity contribution < 1.29 is 5.11 Å². The molecule has 0 saturated heterocycles. The maximum atomic E-state index is 13.4. The second-order valence-corrected chi connectivity index (χ2v) is 8.20. The van der Waals surface area contributed by atoms with E-state index in [1.54, 1.807) is 15.6 Å². The summed E-state index contributed by atoms with van der Waals surface area (Å²) in [5.74, 6) is 0. The summed E-state index contributed by atoms with van der Waals surface area (Å²) < 4.78 is 3.28. The summed E-state index contributed by atoms with van der Waals surface area (Å²) in [5.41, 5.74) is 4.87. The van der Waals surface area contributed by atoms with Gasteiger partial charge in [0.05, 0.1) is 23.9 Å². The number of rotatable bonds is 3. The van der Waals surface area contributed by atoms with Crippen LogP contribution in [-0.2, 0) is 13.5 Å². The van der Waals surface area contributed by atoms with E-state index in [4.69, 9.17) is 0 Å². The normalized spacial score (nSPS) is 19.6. The first-order chi connectivity index (χ1) is 14.5. The average molecular weight is 404 g/mol. The first kappa shape index (κ1) is 18.9. The van der Waals surface area contributed by atoms with Gasteiger partial charge >= 0.3 is 0 Å². The molecular formula is C22H24N6O2. The SMILES string of the molecule is Cc1ccc(Cc2cc3c(=O)n([C@H]4CCCC[C@@H]4O)cnc3c3c2nnn3C)cn1. The summed E-state index contributed by atoms with van der Waals surface area (Å²) in [5, 5.41) is 19.5. The molecule has 3 heterocycles. The van der Waals surface area contributed by atoms with Gasteiger partial charge in [-0.2, -0.15) is 0 Å². The van der Waals surface area contributed by atoms with Gasteiger partial charge in [-0.1, -0.05) is 24.1 Å². The number of aliphatic hydroxyl groups is 1. The fourth-order valence-electron chi connectivity index (χ4n) is 4.49. The van der Waals surface area contributed by atoms with Crippen molar-refractivity contribution in [2.24, 2.45) is 7.05 Å². The molecule has 5 rings (SSSR count). The molecule has 1 aliphatic carbocycles. The van der Waals surface area contributed by atoms with E-state index in [9.17, 15) is 9.90 Å². The van der Waals surface area contributed by atoms with Gasteiger partial charge in [0.25, 0.3) is 5.56 Å². The second kappa shape index (κ2) is 7.28. The van der Waals surface area contributed by atoms with Gasteiger partial charge in [-0.3, -0.25) is 14.3 Å². The van der Waals surface area contributed by atoms with E-state index in [2.05, 4.69) is 20.3 Å². The quantitative estimate of drug-likeness (QED) is 0.563. The van der Waals surface area contributed by atoms with E-state index in [-0.39, 0.29) is 11.6 Å². The summed E-state index contributed by atoms with van der Waals surface area (Å²) in [6.45, 7) is 1.95. The van der Waals surface area contributed by atoms with Crippen molar-refractivity contribution >= 4 is 21.9 Å². The van der Waals surface area contributed by atoms with Crippen molar-refractivity contribution in [3.63, 3.8) is 0 Å². The highest BCUT2D eigenvalue weighted by Gasteiger charge is 2.27. The highest BCUT2D eigenvalue weighted by atomic mass is 16.3. The molecule has 0 radical (unpaired) electrons. The maximum Gasteiger partial charge on any atom is 0.261 e. The molecule has 1 saturated carbocycles. The molecule has 1 fully saturated rings. The third-order valence-electron chi connectivity index (χ3n) is 6.12. The van der Waals surface area contributed by atoms with Crippen molar-refractivity contribution in [1.29, 1.82) is 0 Å². The van der Waals surface area contributed by atoms with E-state index >= 15 is 0 Å². The first-order valence-electron chi connectivity index (χ1n) is 10.3. The summed E-state index contributed by atoms with van der Waals surface area (Å²) in [6.07, 6.45) is 6.99. The van der Waals surface area contributed by atoms with Gasteiger partial charge in [0.2, 0.25) is 0 Å². The third-order valence-corrected chi connectivity index (χ3v) is 6.12. The zero-order valence-electron chi connectivity index (χ0n) is 17.1. The lowest BCUT2D eigenvalue weighted by Crippen LogP contribution is -2.34. The van der Waals surface area contributed by atoms with E-state index in [1.165, 1.54) is 0 Å². The molecule has 0 aliphatic heterocycles. The monoisotopic (exact) mass is 404 g/mol. The lowest BCUT2D eigenvalue weighted by Gasteiger charge is -2.29. The Morgan fingerprint density at radius 2 is 2.00 bits per heavy atom. The van der Waals surface area contributed by atoms with E-state index in [1.807, 2.05) is 38.4 Å². The standard InChI is InChI=1S/C22H24N6O2/c1-13-7-8-14(11-23-13)9-15-10-16-20(21-19(15)25-26-27(21)2)24-12-28(22(16)30)17-5-3-4-6-18(17)29/h7-8,10-12,17-18,29H,3-6,9H2,1-2H3/t17-,18-/m0/s1. The lowest BCUT2D eigenvalue weighted by molar-refractivity contribution is 0.0735. The number of hydrogen-bond donors (Lipinski definition) is 1. The first-order valence-corrected chi connectivity index (χ1v) is 10.3. The topological polar surface area (TPSA) is 98.7 Å². The predicted molar refractivity (Wildman–Crippen MR) is 113 cm³/mol. The Bertz CT molecular complexity index is 1290. The van der Waals surface area contributed by atoms with Crippen LogP contribution in [0.1, 0.15) is 48.5 Å². The number of fused-ring (bicyclic) bond motifs is 3. The number of aromatic nitrogens is 6. The van der Waals surface area contributed by atoms with Crippen LogP contribution in [0.4, 0.5) is 0 Å². The van der Waals surface area contributed by atoms with Crippen molar-refractivity contribution in [1.82, 2.24) is 29.5 Å². The van der Waals surface area contributed by atoms with E-state index in [0.29, 0.717) is 23.7 Å². The smallest absolute Gasteiger partial charge is 0.261 e. The molecule has 0 bridgehead atoms. The van der Waals surface area contributed by atoms with Crippen molar-refractivity contribution in [2.75, 3.05) is 0 Å². The van der Waals surface area contributed by atoms with Crippen LogP contribution < -0.4 is 5.56 Å². The number of pyridine rings is 1. The van der Waals surface area contributed by atoms with Crippen molar-refractivity contribution in [3.8, 4) is 0 Å². The molecular weight excluding hydrogens is 380 g/mol. The van der Waals surface area contributed by atoms with E-state index in [0.717, 1.165) is 47.1 Å². The van der Waals surface area contributed by atoms with Gasteiger partial charge in [0.1, 0.15) is 16.6 Å². The predicted octanol–water partition coefficient (Wildman–Crippen LogP) is 2.45. The second-order valence-electron chi connectivity index (χ2n) is 8.20. The summed E-state index contributed by atoms with van der Waals surface area (Å²) in [6, 6.07) is 5.67. The molecule has 2 atom stereocenters.